The summed E-state index contributed by atoms with van der Waals surface area (Å²) in [7, 11) is 1.43. The third kappa shape index (κ3) is 14.8. The standard InChI is InChI=1S/C28H44F3NO3/c1-3-4-5-6-7-8-9-10-11-12-13-14-15-16-17-22-35-26(33)23-32(2)27(34)24-18-20-25(21-19-24)28(29,30)31/h18-21H,3-17,22-23H2,1-2H3. The Bertz CT molecular complexity index is 704. The number of carbonyl (C=O) groups excluding carboxylic acids is 2. The predicted octanol–water partition coefficient (Wildman–Crippen LogP) is 8.19. The first kappa shape index (κ1) is 31.0. The average molecular weight is 500 g/mol. The van der Waals surface area contributed by atoms with Gasteiger partial charge in [0, 0.05) is 12.6 Å². The van der Waals surface area contributed by atoms with Crippen LogP contribution in [0.4, 0.5) is 13.2 Å². The topological polar surface area (TPSA) is 46.6 Å². The van der Waals surface area contributed by atoms with Gasteiger partial charge in [0.2, 0.25) is 0 Å². The van der Waals surface area contributed by atoms with Gasteiger partial charge in [0.1, 0.15) is 6.54 Å². The molecule has 0 unspecified atom stereocenters. The first-order valence-corrected chi connectivity index (χ1v) is 13.3. The van der Waals surface area contributed by atoms with E-state index < -0.39 is 23.6 Å². The lowest BCUT2D eigenvalue weighted by molar-refractivity contribution is -0.144. The number of unbranched alkanes of at least 4 members (excludes halogenated alkanes) is 14. The van der Waals surface area contributed by atoms with Crippen LogP contribution >= 0.6 is 0 Å². The Labute approximate surface area is 209 Å². The summed E-state index contributed by atoms with van der Waals surface area (Å²) in [6, 6.07) is 3.94. The molecule has 0 aliphatic rings. The van der Waals surface area contributed by atoms with Gasteiger partial charge in [0.05, 0.1) is 12.2 Å². The van der Waals surface area contributed by atoms with Crippen molar-refractivity contribution in [2.45, 2.75) is 109 Å². The van der Waals surface area contributed by atoms with Crippen LogP contribution in [0.2, 0.25) is 0 Å². The van der Waals surface area contributed by atoms with Gasteiger partial charge < -0.3 is 9.64 Å². The molecule has 1 rings (SSSR count). The van der Waals surface area contributed by atoms with Gasteiger partial charge in [-0.05, 0) is 30.7 Å². The second kappa shape index (κ2) is 18.3. The lowest BCUT2D eigenvalue weighted by atomic mass is 10.0. The van der Waals surface area contributed by atoms with E-state index in [4.69, 9.17) is 4.74 Å². The number of rotatable bonds is 19. The summed E-state index contributed by atoms with van der Waals surface area (Å²) in [4.78, 5) is 25.4. The predicted molar refractivity (Wildman–Crippen MR) is 134 cm³/mol. The van der Waals surface area contributed by atoms with Crippen LogP contribution < -0.4 is 0 Å². The zero-order valence-electron chi connectivity index (χ0n) is 21.6. The Balaban J connectivity index is 2.01. The monoisotopic (exact) mass is 499 g/mol. The molecule has 0 aliphatic carbocycles. The first-order chi connectivity index (χ1) is 16.8. The van der Waals surface area contributed by atoms with Crippen LogP contribution in [0.5, 0.6) is 0 Å². The molecule has 1 amide bonds. The molecule has 0 bridgehead atoms. The molecule has 0 N–H and O–H groups in total. The SMILES string of the molecule is CCCCCCCCCCCCCCCCCOC(=O)CN(C)C(=O)c1ccc(C(F)(F)F)cc1. The molecule has 4 nitrogen and oxygen atoms in total. The van der Waals surface area contributed by atoms with Gasteiger partial charge in [-0.25, -0.2) is 0 Å². The molecule has 0 saturated carbocycles. The number of esters is 1. The van der Waals surface area contributed by atoms with E-state index in [1.807, 2.05) is 0 Å². The number of benzene rings is 1. The van der Waals surface area contributed by atoms with Crippen LogP contribution in [0.1, 0.15) is 119 Å². The molecule has 0 aliphatic heterocycles. The molecule has 0 radical (unpaired) electrons. The number of hydrogen-bond donors (Lipinski definition) is 0. The Kier molecular flexibility index (Phi) is 16.2. The van der Waals surface area contributed by atoms with Crippen LogP contribution in [0.15, 0.2) is 24.3 Å². The molecule has 0 aromatic heterocycles. The average Bonchev–Trinajstić information content (AvgIpc) is 2.82. The van der Waals surface area contributed by atoms with Crippen molar-refractivity contribution >= 4 is 11.9 Å². The maximum Gasteiger partial charge on any atom is 0.416 e. The third-order valence-corrected chi connectivity index (χ3v) is 6.18. The van der Waals surface area contributed by atoms with Gasteiger partial charge in [-0.15, -0.1) is 0 Å². The molecule has 1 aromatic carbocycles. The van der Waals surface area contributed by atoms with E-state index in [1.54, 1.807) is 0 Å². The summed E-state index contributed by atoms with van der Waals surface area (Å²) in [6.45, 7) is 2.33. The molecular formula is C28H44F3NO3. The second-order valence-electron chi connectivity index (χ2n) is 9.41. The van der Waals surface area contributed by atoms with E-state index in [2.05, 4.69) is 6.92 Å². The fraction of sp³-hybridized carbons (Fsp3) is 0.714. The first-order valence-electron chi connectivity index (χ1n) is 13.3. The molecule has 35 heavy (non-hydrogen) atoms. The van der Waals surface area contributed by atoms with E-state index in [-0.39, 0.29) is 12.1 Å². The van der Waals surface area contributed by atoms with E-state index in [1.165, 1.54) is 84.1 Å². The maximum atomic E-state index is 12.6. The molecule has 200 valence electrons. The highest BCUT2D eigenvalue weighted by atomic mass is 19.4. The van der Waals surface area contributed by atoms with Crippen molar-refractivity contribution in [1.29, 1.82) is 0 Å². The largest absolute Gasteiger partial charge is 0.464 e. The van der Waals surface area contributed by atoms with Gasteiger partial charge in [0.15, 0.2) is 0 Å². The summed E-state index contributed by atoms with van der Waals surface area (Å²) in [5.74, 6) is -1.04. The van der Waals surface area contributed by atoms with Crippen LogP contribution in [0.25, 0.3) is 0 Å². The number of nitrogens with zero attached hydrogens (tertiary/aromatic N) is 1. The van der Waals surface area contributed by atoms with Crippen LogP contribution in [0.3, 0.4) is 0 Å². The van der Waals surface area contributed by atoms with Gasteiger partial charge in [-0.2, -0.15) is 13.2 Å². The Morgan fingerprint density at radius 1 is 0.743 bits per heavy atom. The molecule has 0 atom stereocenters. The zero-order chi connectivity index (χ0) is 25.9. The van der Waals surface area contributed by atoms with Crippen molar-refractivity contribution in [2.24, 2.45) is 0 Å². The van der Waals surface area contributed by atoms with E-state index >= 15 is 0 Å². The summed E-state index contributed by atoms with van der Waals surface area (Å²) < 4.78 is 43.1. The second-order valence-corrected chi connectivity index (χ2v) is 9.41. The van der Waals surface area contributed by atoms with Gasteiger partial charge in [-0.1, -0.05) is 96.8 Å². The molecule has 0 fully saturated rings. The number of alkyl halides is 3. The minimum atomic E-state index is -4.45. The van der Waals surface area contributed by atoms with Gasteiger partial charge in [-0.3, -0.25) is 9.59 Å². The third-order valence-electron chi connectivity index (χ3n) is 6.18. The number of carbonyl (C=O) groups is 2. The maximum absolute atomic E-state index is 12.6. The van der Waals surface area contributed by atoms with Crippen molar-refractivity contribution in [3.8, 4) is 0 Å². The van der Waals surface area contributed by atoms with Gasteiger partial charge in [0.25, 0.3) is 5.91 Å². The van der Waals surface area contributed by atoms with Crippen molar-refractivity contribution in [2.75, 3.05) is 20.2 Å². The smallest absolute Gasteiger partial charge is 0.416 e. The summed E-state index contributed by atoms with van der Waals surface area (Å²) in [6.07, 6.45) is 14.5. The lowest BCUT2D eigenvalue weighted by Gasteiger charge is -2.17. The van der Waals surface area contributed by atoms with Crippen LogP contribution in [0, 0.1) is 0 Å². The van der Waals surface area contributed by atoms with Crippen molar-refractivity contribution in [3.63, 3.8) is 0 Å². The molecule has 7 heteroatoms. The minimum Gasteiger partial charge on any atom is -0.464 e. The molecule has 1 aromatic rings. The number of hydrogen-bond acceptors (Lipinski definition) is 3. The summed E-state index contributed by atoms with van der Waals surface area (Å²) in [5.41, 5.74) is -0.727. The van der Waals surface area contributed by atoms with Crippen LogP contribution in [-0.2, 0) is 15.7 Å². The Hall–Kier alpha value is -2.05. The normalized spacial score (nSPS) is 11.5. The van der Waals surface area contributed by atoms with Crippen molar-refractivity contribution in [1.82, 2.24) is 4.90 Å². The number of likely N-dealkylation sites (N-methyl/N-ethyl adjacent to an activating group) is 1. The highest BCUT2D eigenvalue weighted by Crippen LogP contribution is 2.29. The fourth-order valence-electron chi connectivity index (χ4n) is 3.99. The number of amides is 1. The minimum absolute atomic E-state index is 0.0932. The van der Waals surface area contributed by atoms with E-state index in [0.29, 0.717) is 6.61 Å². The molecule has 0 heterocycles. The number of ether oxygens (including phenoxy) is 1. The van der Waals surface area contributed by atoms with Crippen molar-refractivity contribution < 1.29 is 27.5 Å². The molecular weight excluding hydrogens is 455 g/mol. The highest BCUT2D eigenvalue weighted by Gasteiger charge is 2.30. The Morgan fingerprint density at radius 2 is 1.17 bits per heavy atom. The van der Waals surface area contributed by atoms with Gasteiger partial charge >= 0.3 is 12.1 Å². The van der Waals surface area contributed by atoms with Crippen molar-refractivity contribution in [3.05, 3.63) is 35.4 Å². The summed E-state index contributed by atoms with van der Waals surface area (Å²) >= 11 is 0. The summed E-state index contributed by atoms with van der Waals surface area (Å²) in [5, 5.41) is 0. The highest BCUT2D eigenvalue weighted by molar-refractivity contribution is 5.95. The quantitative estimate of drug-likeness (QED) is 0.142. The lowest BCUT2D eigenvalue weighted by Crippen LogP contribution is -2.33. The number of halogens is 3. The Morgan fingerprint density at radius 3 is 1.60 bits per heavy atom. The molecule has 0 saturated heterocycles. The molecule has 0 spiro atoms. The van der Waals surface area contributed by atoms with Crippen LogP contribution in [-0.4, -0.2) is 37.0 Å². The zero-order valence-corrected chi connectivity index (χ0v) is 21.6. The van der Waals surface area contributed by atoms with E-state index in [9.17, 15) is 22.8 Å². The fourth-order valence-corrected chi connectivity index (χ4v) is 3.99. The van der Waals surface area contributed by atoms with E-state index in [0.717, 1.165) is 48.4 Å².